The highest BCUT2D eigenvalue weighted by molar-refractivity contribution is 7.87. The van der Waals surface area contributed by atoms with E-state index >= 15 is 0 Å². The van der Waals surface area contributed by atoms with E-state index in [1.165, 1.54) is 6.92 Å². The van der Waals surface area contributed by atoms with Crippen LogP contribution in [0.3, 0.4) is 0 Å². The van der Waals surface area contributed by atoms with Crippen LogP contribution in [-0.4, -0.2) is 19.6 Å². The fourth-order valence-corrected chi connectivity index (χ4v) is 1.77. The Balaban J connectivity index is 4.03. The van der Waals surface area contributed by atoms with Crippen LogP contribution in [0, 0.1) is 0 Å². The maximum atomic E-state index is 11.3. The highest BCUT2D eigenvalue weighted by atomic mass is 32.2. The summed E-state index contributed by atoms with van der Waals surface area (Å²) in [6.45, 7) is 4.65. The van der Waals surface area contributed by atoms with E-state index in [0.717, 1.165) is 26.2 Å². The number of carbonyl (C=O) groups excluding carboxylic acids is 1. The van der Waals surface area contributed by atoms with Crippen LogP contribution in [0.2, 0.25) is 0 Å². The van der Waals surface area contributed by atoms with Crippen molar-refractivity contribution in [1.82, 2.24) is 0 Å². The van der Waals surface area contributed by atoms with Gasteiger partial charge in [-0.05, 0) is 13.3 Å². The molecule has 0 fully saturated rings. The molecule has 1 atom stereocenters. The maximum absolute atomic E-state index is 11.3. The molecule has 0 aliphatic heterocycles. The van der Waals surface area contributed by atoms with Crippen molar-refractivity contribution >= 4 is 16.1 Å². The molecule has 0 aromatic heterocycles. The van der Waals surface area contributed by atoms with Crippen LogP contribution in [0.1, 0.15) is 46.5 Å². The molecule has 0 spiro atoms. The van der Waals surface area contributed by atoms with Crippen molar-refractivity contribution in [3.05, 3.63) is 0 Å². The van der Waals surface area contributed by atoms with Crippen molar-refractivity contribution in [1.29, 1.82) is 0 Å². The Morgan fingerprint density at radius 3 is 2.40 bits per heavy atom. The van der Waals surface area contributed by atoms with Gasteiger partial charge in [-0.2, -0.15) is 8.42 Å². The Kier molecular flexibility index (Phi) is 6.51. The first-order chi connectivity index (χ1) is 6.90. The largest absolute Gasteiger partial charge is 0.340 e. The third-order valence-electron chi connectivity index (χ3n) is 1.95. The molecule has 0 bridgehead atoms. The molecule has 0 aromatic rings. The molecule has 5 nitrogen and oxygen atoms in total. The van der Waals surface area contributed by atoms with Crippen molar-refractivity contribution in [2.75, 3.05) is 0 Å². The zero-order chi connectivity index (χ0) is 11.9. The Morgan fingerprint density at radius 2 is 1.93 bits per heavy atom. The Hall–Kier alpha value is -0.620. The molecule has 0 amide bonds. The summed E-state index contributed by atoms with van der Waals surface area (Å²) in [5, 5.41) is -0.650. The lowest BCUT2D eigenvalue weighted by molar-refractivity contribution is -0.208. The van der Waals surface area contributed by atoms with Gasteiger partial charge in [-0.25, -0.2) is 4.79 Å². The zero-order valence-corrected chi connectivity index (χ0v) is 10.2. The first-order valence-corrected chi connectivity index (χ1v) is 6.47. The molecule has 0 saturated carbocycles. The summed E-state index contributed by atoms with van der Waals surface area (Å²) in [6, 6.07) is 0. The van der Waals surface area contributed by atoms with Crippen LogP contribution >= 0.6 is 0 Å². The summed E-state index contributed by atoms with van der Waals surface area (Å²) in [5.74, 6) is -0.778. The van der Waals surface area contributed by atoms with Gasteiger partial charge in [0.15, 0.2) is 0 Å². The van der Waals surface area contributed by atoms with E-state index in [0.29, 0.717) is 6.42 Å². The van der Waals surface area contributed by atoms with Crippen molar-refractivity contribution in [3.63, 3.8) is 0 Å². The van der Waals surface area contributed by atoms with E-state index < -0.39 is 21.3 Å². The minimum absolute atomic E-state index is 0.511. The Bertz CT molecular complexity index is 283. The average molecular weight is 238 g/mol. The van der Waals surface area contributed by atoms with Gasteiger partial charge in [0.1, 0.15) is 0 Å². The van der Waals surface area contributed by atoms with Crippen LogP contribution in [0.4, 0.5) is 0 Å². The van der Waals surface area contributed by atoms with Crippen LogP contribution in [-0.2, 0) is 24.1 Å². The smallest absolute Gasteiger partial charge is 0.282 e. The van der Waals surface area contributed by atoms with Gasteiger partial charge in [0.05, 0.1) is 5.25 Å². The summed E-state index contributed by atoms with van der Waals surface area (Å²) in [5.41, 5.74) is 0. The van der Waals surface area contributed by atoms with Gasteiger partial charge in [-0.1, -0.05) is 30.5 Å². The second kappa shape index (κ2) is 6.79. The predicted molar refractivity (Wildman–Crippen MR) is 55.4 cm³/mol. The second-order valence-electron chi connectivity index (χ2n) is 3.44. The van der Waals surface area contributed by atoms with Gasteiger partial charge in [0.2, 0.25) is 0 Å². The highest BCUT2D eigenvalue weighted by Gasteiger charge is 2.23. The van der Waals surface area contributed by atoms with Gasteiger partial charge < -0.3 is 0 Å². The lowest BCUT2D eigenvalue weighted by Gasteiger charge is -2.10. The van der Waals surface area contributed by atoms with Crippen LogP contribution in [0.25, 0.3) is 0 Å². The number of hydrogen-bond donors (Lipinski definition) is 0. The SMILES string of the molecule is CCCCC[C@H](C)S(=O)(=O)OOC(C)=O. The molecular weight excluding hydrogens is 220 g/mol. The maximum Gasteiger partial charge on any atom is 0.340 e. The molecule has 90 valence electrons. The number of carbonyl (C=O) groups is 1. The molecule has 0 heterocycles. The van der Waals surface area contributed by atoms with E-state index in [1.54, 1.807) is 0 Å². The molecule has 0 N–H and O–H groups in total. The lowest BCUT2D eigenvalue weighted by Crippen LogP contribution is -2.21. The molecule has 0 saturated heterocycles. The zero-order valence-electron chi connectivity index (χ0n) is 9.36. The molecule has 0 aromatic carbocycles. The second-order valence-corrected chi connectivity index (χ2v) is 5.37. The summed E-state index contributed by atoms with van der Waals surface area (Å²) < 4.78 is 26.8. The van der Waals surface area contributed by atoms with E-state index in [1.807, 2.05) is 6.92 Å². The van der Waals surface area contributed by atoms with E-state index in [-0.39, 0.29) is 0 Å². The molecule has 0 unspecified atom stereocenters. The normalized spacial score (nSPS) is 13.5. The van der Waals surface area contributed by atoms with Crippen LogP contribution in [0.15, 0.2) is 0 Å². The van der Waals surface area contributed by atoms with Gasteiger partial charge in [-0.15, -0.1) is 0 Å². The standard InChI is InChI=1S/C9H18O5S/c1-4-5-6-7-8(2)15(11,12)14-13-9(3)10/h8H,4-7H2,1-3H3/t8-/m0/s1. The highest BCUT2D eigenvalue weighted by Crippen LogP contribution is 2.12. The predicted octanol–water partition coefficient (Wildman–Crippen LogP) is 1.78. The third kappa shape index (κ3) is 6.46. The first kappa shape index (κ1) is 14.4. The molecule has 15 heavy (non-hydrogen) atoms. The van der Waals surface area contributed by atoms with Crippen LogP contribution < -0.4 is 0 Å². The average Bonchev–Trinajstić information content (AvgIpc) is 2.15. The fraction of sp³-hybridized carbons (Fsp3) is 0.889. The third-order valence-corrected chi connectivity index (χ3v) is 3.43. The van der Waals surface area contributed by atoms with Crippen LogP contribution in [0.5, 0.6) is 0 Å². The van der Waals surface area contributed by atoms with Crippen molar-refractivity contribution < 1.29 is 22.4 Å². The molecule has 6 heteroatoms. The van der Waals surface area contributed by atoms with E-state index in [9.17, 15) is 13.2 Å². The molecule has 0 aliphatic rings. The quantitative estimate of drug-likeness (QED) is 0.384. The minimum Gasteiger partial charge on any atom is -0.282 e. The van der Waals surface area contributed by atoms with Crippen molar-refractivity contribution in [2.45, 2.75) is 51.7 Å². The topological polar surface area (TPSA) is 69.7 Å². The van der Waals surface area contributed by atoms with E-state index in [4.69, 9.17) is 0 Å². The monoisotopic (exact) mass is 238 g/mol. The molecular formula is C9H18O5S. The van der Waals surface area contributed by atoms with Gasteiger partial charge in [0.25, 0.3) is 0 Å². The summed E-state index contributed by atoms with van der Waals surface area (Å²) in [7, 11) is -3.78. The summed E-state index contributed by atoms with van der Waals surface area (Å²) >= 11 is 0. The minimum atomic E-state index is -3.78. The number of rotatable bonds is 7. The molecule has 0 aliphatic carbocycles. The Morgan fingerprint density at radius 1 is 1.33 bits per heavy atom. The lowest BCUT2D eigenvalue weighted by atomic mass is 10.2. The first-order valence-electron chi connectivity index (χ1n) is 5.00. The van der Waals surface area contributed by atoms with Gasteiger partial charge in [0, 0.05) is 6.92 Å². The number of hydrogen-bond acceptors (Lipinski definition) is 5. The Labute approximate surface area is 90.8 Å². The van der Waals surface area contributed by atoms with E-state index in [2.05, 4.69) is 9.22 Å². The van der Waals surface area contributed by atoms with Crippen molar-refractivity contribution in [3.8, 4) is 0 Å². The van der Waals surface area contributed by atoms with Gasteiger partial charge in [-0.3, -0.25) is 4.89 Å². The molecule has 0 radical (unpaired) electrons. The fourth-order valence-electron chi connectivity index (χ4n) is 0.989. The summed E-state index contributed by atoms with van der Waals surface area (Å²) in [6.07, 6.45) is 3.34. The molecule has 0 rings (SSSR count). The van der Waals surface area contributed by atoms with Gasteiger partial charge >= 0.3 is 16.1 Å². The summed E-state index contributed by atoms with van der Waals surface area (Å²) in [4.78, 5) is 14.4. The number of unbranched alkanes of at least 4 members (excludes halogenated alkanes) is 2. The van der Waals surface area contributed by atoms with Crippen molar-refractivity contribution in [2.24, 2.45) is 0 Å².